The molecule has 0 saturated carbocycles. The summed E-state index contributed by atoms with van der Waals surface area (Å²) in [6, 6.07) is 8.74. The molecule has 3 nitrogen and oxygen atoms in total. The highest BCUT2D eigenvalue weighted by Crippen LogP contribution is 2.36. The topological polar surface area (TPSA) is 34.1 Å². The average molecular weight is 254 g/mol. The molecule has 3 heteroatoms. The van der Waals surface area contributed by atoms with Gasteiger partial charge in [0, 0.05) is 6.20 Å². The second-order valence-corrected chi connectivity index (χ2v) is 4.99. The maximum atomic E-state index is 5.32. The van der Waals surface area contributed by atoms with E-state index in [1.54, 1.807) is 7.11 Å². The number of methoxy groups -OCH3 is 1. The lowest BCUT2D eigenvalue weighted by Crippen LogP contribution is -2.08. The smallest absolute Gasteiger partial charge is 0.119 e. The molecule has 1 aliphatic carbocycles. The van der Waals surface area contributed by atoms with Gasteiger partial charge in [-0.25, -0.2) is 0 Å². The van der Waals surface area contributed by atoms with Gasteiger partial charge in [0.25, 0.3) is 0 Å². The maximum Gasteiger partial charge on any atom is 0.119 e. The van der Waals surface area contributed by atoms with E-state index in [0.717, 1.165) is 24.3 Å². The van der Waals surface area contributed by atoms with Crippen molar-refractivity contribution in [3.05, 3.63) is 53.3 Å². The monoisotopic (exact) mass is 254 g/mol. The van der Waals surface area contributed by atoms with Gasteiger partial charge in [-0.1, -0.05) is 6.07 Å². The summed E-state index contributed by atoms with van der Waals surface area (Å²) in [4.78, 5) is 4.19. The van der Waals surface area contributed by atoms with Crippen LogP contribution in [0.5, 0.6) is 5.75 Å². The molecule has 0 saturated heterocycles. The summed E-state index contributed by atoms with van der Waals surface area (Å²) >= 11 is 0. The van der Waals surface area contributed by atoms with E-state index in [1.165, 1.54) is 16.7 Å². The van der Waals surface area contributed by atoms with E-state index in [1.807, 2.05) is 24.5 Å². The van der Waals surface area contributed by atoms with Crippen LogP contribution < -0.4 is 10.1 Å². The largest absolute Gasteiger partial charge is 0.497 e. The second-order valence-electron chi connectivity index (χ2n) is 4.99. The van der Waals surface area contributed by atoms with E-state index < -0.39 is 0 Å². The fraction of sp³-hybridized carbons (Fsp3) is 0.312. The number of hydrogen-bond acceptors (Lipinski definition) is 3. The lowest BCUT2D eigenvalue weighted by atomic mass is 10.1. The summed E-state index contributed by atoms with van der Waals surface area (Å²) in [5.41, 5.74) is 5.11. The molecule has 0 radical (unpaired) electrons. The van der Waals surface area contributed by atoms with Crippen molar-refractivity contribution >= 4 is 5.69 Å². The number of anilines is 1. The molecule has 1 unspecified atom stereocenters. The van der Waals surface area contributed by atoms with Gasteiger partial charge in [-0.3, -0.25) is 4.98 Å². The van der Waals surface area contributed by atoms with E-state index >= 15 is 0 Å². The number of nitrogens with zero attached hydrogens (tertiary/aromatic N) is 1. The third-order valence-electron chi connectivity index (χ3n) is 3.80. The number of rotatable bonds is 3. The number of aryl methyl sites for hydroxylation is 2. The van der Waals surface area contributed by atoms with Gasteiger partial charge in [-0.15, -0.1) is 0 Å². The molecule has 1 heterocycles. The number of ether oxygens (including phenoxy) is 1. The van der Waals surface area contributed by atoms with E-state index in [4.69, 9.17) is 4.74 Å². The molecule has 1 aromatic carbocycles. The van der Waals surface area contributed by atoms with Crippen LogP contribution in [0.4, 0.5) is 5.69 Å². The van der Waals surface area contributed by atoms with Crippen LogP contribution in [0.15, 0.2) is 36.7 Å². The Bertz CT molecular complexity index is 595. The minimum Gasteiger partial charge on any atom is -0.497 e. The van der Waals surface area contributed by atoms with E-state index in [-0.39, 0.29) is 0 Å². The molecule has 0 spiro atoms. The van der Waals surface area contributed by atoms with Crippen molar-refractivity contribution in [3.63, 3.8) is 0 Å². The summed E-state index contributed by atoms with van der Waals surface area (Å²) in [6.45, 7) is 2.10. The second kappa shape index (κ2) is 4.92. The third kappa shape index (κ3) is 2.28. The predicted molar refractivity (Wildman–Crippen MR) is 76.7 cm³/mol. The van der Waals surface area contributed by atoms with E-state index in [9.17, 15) is 0 Å². The van der Waals surface area contributed by atoms with Gasteiger partial charge >= 0.3 is 0 Å². The third-order valence-corrected chi connectivity index (χ3v) is 3.80. The van der Waals surface area contributed by atoms with Crippen molar-refractivity contribution in [1.29, 1.82) is 0 Å². The molecule has 1 aliphatic rings. The van der Waals surface area contributed by atoms with E-state index in [2.05, 4.69) is 29.4 Å². The minimum absolute atomic E-state index is 0.355. The van der Waals surface area contributed by atoms with Crippen LogP contribution in [0.3, 0.4) is 0 Å². The first-order valence-electron chi connectivity index (χ1n) is 6.62. The predicted octanol–water partition coefficient (Wildman–Crippen LogP) is 3.50. The van der Waals surface area contributed by atoms with Crippen molar-refractivity contribution in [2.75, 3.05) is 12.4 Å². The molecule has 2 aromatic rings. The zero-order valence-corrected chi connectivity index (χ0v) is 11.3. The Morgan fingerprint density at radius 3 is 3.00 bits per heavy atom. The Hall–Kier alpha value is -2.03. The maximum absolute atomic E-state index is 5.32. The number of nitrogens with one attached hydrogen (secondary N) is 1. The summed E-state index contributed by atoms with van der Waals surface area (Å²) in [7, 11) is 1.71. The quantitative estimate of drug-likeness (QED) is 0.910. The molecular weight excluding hydrogens is 236 g/mol. The molecule has 98 valence electrons. The summed E-state index contributed by atoms with van der Waals surface area (Å²) < 4.78 is 5.32. The zero-order chi connectivity index (χ0) is 13.2. The fourth-order valence-corrected chi connectivity index (χ4v) is 2.66. The minimum atomic E-state index is 0.355. The summed E-state index contributed by atoms with van der Waals surface area (Å²) in [5.74, 6) is 0.926. The molecule has 0 aliphatic heterocycles. The highest BCUT2D eigenvalue weighted by molar-refractivity contribution is 5.52. The number of benzene rings is 1. The summed E-state index contributed by atoms with van der Waals surface area (Å²) in [5, 5.41) is 3.60. The van der Waals surface area contributed by atoms with Crippen LogP contribution in [0.2, 0.25) is 0 Å². The Labute approximate surface area is 113 Å². The van der Waals surface area contributed by atoms with Crippen LogP contribution in [0.25, 0.3) is 0 Å². The first kappa shape index (κ1) is 12.0. The molecule has 1 atom stereocenters. The standard InChI is InChI=1S/C16H18N2O/c1-11-7-8-17-10-16(11)18-15-6-4-12-3-5-13(19-2)9-14(12)15/h3,5,7-10,15,18H,4,6H2,1-2H3. The molecule has 19 heavy (non-hydrogen) atoms. The highest BCUT2D eigenvalue weighted by atomic mass is 16.5. The van der Waals surface area contributed by atoms with Gasteiger partial charge in [0.05, 0.1) is 25.0 Å². The molecule has 0 bridgehead atoms. The van der Waals surface area contributed by atoms with Gasteiger partial charge in [0.15, 0.2) is 0 Å². The highest BCUT2D eigenvalue weighted by Gasteiger charge is 2.23. The summed E-state index contributed by atoms with van der Waals surface area (Å²) in [6.07, 6.45) is 5.97. The van der Waals surface area contributed by atoms with Crippen LogP contribution in [-0.4, -0.2) is 12.1 Å². The van der Waals surface area contributed by atoms with Crippen molar-refractivity contribution in [2.24, 2.45) is 0 Å². The lowest BCUT2D eigenvalue weighted by molar-refractivity contribution is 0.414. The molecule has 0 fully saturated rings. The Morgan fingerprint density at radius 2 is 2.21 bits per heavy atom. The number of fused-ring (bicyclic) bond motifs is 1. The van der Waals surface area contributed by atoms with Gasteiger partial charge in [0.1, 0.15) is 5.75 Å². The van der Waals surface area contributed by atoms with Crippen molar-refractivity contribution < 1.29 is 4.74 Å². The zero-order valence-electron chi connectivity index (χ0n) is 11.3. The number of hydrogen-bond donors (Lipinski definition) is 1. The van der Waals surface area contributed by atoms with Gasteiger partial charge < -0.3 is 10.1 Å². The van der Waals surface area contributed by atoms with Crippen molar-refractivity contribution in [1.82, 2.24) is 4.98 Å². The molecule has 0 amide bonds. The number of pyridine rings is 1. The number of aromatic nitrogens is 1. The van der Waals surface area contributed by atoms with Gasteiger partial charge in [-0.05, 0) is 54.7 Å². The van der Waals surface area contributed by atoms with Crippen LogP contribution in [0, 0.1) is 6.92 Å². The van der Waals surface area contributed by atoms with Crippen LogP contribution >= 0.6 is 0 Å². The molecule has 1 N–H and O–H groups in total. The Morgan fingerprint density at radius 1 is 1.32 bits per heavy atom. The Kier molecular flexibility index (Phi) is 3.11. The first-order valence-corrected chi connectivity index (χ1v) is 6.62. The van der Waals surface area contributed by atoms with Crippen LogP contribution in [-0.2, 0) is 6.42 Å². The van der Waals surface area contributed by atoms with Crippen molar-refractivity contribution in [2.45, 2.75) is 25.8 Å². The fourth-order valence-electron chi connectivity index (χ4n) is 2.66. The molecule has 1 aromatic heterocycles. The SMILES string of the molecule is COc1ccc2c(c1)C(Nc1cnccc1C)CC2. The van der Waals surface area contributed by atoms with E-state index in [0.29, 0.717) is 6.04 Å². The van der Waals surface area contributed by atoms with Gasteiger partial charge in [-0.2, -0.15) is 0 Å². The van der Waals surface area contributed by atoms with Gasteiger partial charge in [0.2, 0.25) is 0 Å². The lowest BCUT2D eigenvalue weighted by Gasteiger charge is -2.17. The average Bonchev–Trinajstić information content (AvgIpc) is 2.84. The Balaban J connectivity index is 1.88. The normalized spacial score (nSPS) is 17.1. The van der Waals surface area contributed by atoms with Crippen molar-refractivity contribution in [3.8, 4) is 5.75 Å². The molecular formula is C16H18N2O. The first-order chi connectivity index (χ1) is 9.28. The van der Waals surface area contributed by atoms with Crippen LogP contribution in [0.1, 0.15) is 29.2 Å². The molecule has 3 rings (SSSR count).